The predicted octanol–water partition coefficient (Wildman–Crippen LogP) is 2.44. The maximum Gasteiger partial charge on any atom is 0.414 e. The average molecular weight is 297 g/mol. The van der Waals surface area contributed by atoms with E-state index < -0.39 is 18.1 Å². The van der Waals surface area contributed by atoms with Gasteiger partial charge >= 0.3 is 6.09 Å². The SMILES string of the molecule is O=C1NC(=O)[C@H](Cc2ccc(OCc3ccccc3)cc2)O1. The van der Waals surface area contributed by atoms with E-state index in [1.54, 1.807) is 0 Å². The number of hydrogen-bond donors (Lipinski definition) is 1. The number of amides is 2. The number of carbonyl (C=O) groups excluding carboxylic acids is 2. The first-order valence-electron chi connectivity index (χ1n) is 6.98. The first kappa shape index (κ1) is 14.1. The molecule has 0 aromatic heterocycles. The van der Waals surface area contributed by atoms with E-state index in [0.717, 1.165) is 16.9 Å². The van der Waals surface area contributed by atoms with Gasteiger partial charge in [-0.05, 0) is 23.3 Å². The van der Waals surface area contributed by atoms with Gasteiger partial charge in [0.05, 0.1) is 0 Å². The van der Waals surface area contributed by atoms with Gasteiger partial charge < -0.3 is 9.47 Å². The second kappa shape index (κ2) is 6.30. The molecule has 1 fully saturated rings. The number of ether oxygens (including phenoxy) is 2. The maximum absolute atomic E-state index is 11.4. The zero-order valence-electron chi connectivity index (χ0n) is 11.8. The number of cyclic esters (lactones) is 1. The Labute approximate surface area is 127 Å². The van der Waals surface area contributed by atoms with Crippen molar-refractivity contribution >= 4 is 12.0 Å². The minimum absolute atomic E-state index is 0.358. The van der Waals surface area contributed by atoms with Crippen LogP contribution in [-0.4, -0.2) is 18.1 Å². The van der Waals surface area contributed by atoms with Gasteiger partial charge in [-0.2, -0.15) is 0 Å². The largest absolute Gasteiger partial charge is 0.489 e. The summed E-state index contributed by atoms with van der Waals surface area (Å²) in [4.78, 5) is 22.4. The molecule has 2 aromatic rings. The van der Waals surface area contributed by atoms with Gasteiger partial charge in [0.2, 0.25) is 0 Å². The van der Waals surface area contributed by atoms with Crippen LogP contribution in [0.25, 0.3) is 0 Å². The van der Waals surface area contributed by atoms with Gasteiger partial charge in [-0.25, -0.2) is 4.79 Å². The zero-order chi connectivity index (χ0) is 15.4. The lowest BCUT2D eigenvalue weighted by Crippen LogP contribution is -2.25. The maximum atomic E-state index is 11.4. The Balaban J connectivity index is 1.56. The highest BCUT2D eigenvalue weighted by Gasteiger charge is 2.31. The average Bonchev–Trinajstić information content (AvgIpc) is 2.85. The fourth-order valence-corrected chi connectivity index (χ4v) is 2.20. The molecule has 0 saturated carbocycles. The van der Waals surface area contributed by atoms with Crippen molar-refractivity contribution in [1.29, 1.82) is 0 Å². The van der Waals surface area contributed by atoms with E-state index in [1.807, 2.05) is 54.6 Å². The fraction of sp³-hybridized carbons (Fsp3) is 0.176. The van der Waals surface area contributed by atoms with Crippen LogP contribution >= 0.6 is 0 Å². The fourth-order valence-electron chi connectivity index (χ4n) is 2.20. The van der Waals surface area contributed by atoms with E-state index >= 15 is 0 Å². The zero-order valence-corrected chi connectivity index (χ0v) is 11.8. The van der Waals surface area contributed by atoms with E-state index in [9.17, 15) is 9.59 Å². The van der Waals surface area contributed by atoms with Crippen LogP contribution in [0.5, 0.6) is 5.75 Å². The summed E-state index contributed by atoms with van der Waals surface area (Å²) in [6.45, 7) is 0.503. The molecule has 0 unspecified atom stereocenters. The van der Waals surface area contributed by atoms with Crippen LogP contribution in [0.1, 0.15) is 11.1 Å². The summed E-state index contributed by atoms with van der Waals surface area (Å²) in [7, 11) is 0. The van der Waals surface area contributed by atoms with E-state index in [-0.39, 0.29) is 0 Å². The summed E-state index contributed by atoms with van der Waals surface area (Å²) in [5, 5.41) is 2.11. The van der Waals surface area contributed by atoms with Crippen LogP contribution < -0.4 is 10.1 Å². The van der Waals surface area contributed by atoms with Crippen LogP contribution in [0.2, 0.25) is 0 Å². The Kier molecular flexibility index (Phi) is 4.05. The Morgan fingerprint density at radius 2 is 1.68 bits per heavy atom. The van der Waals surface area contributed by atoms with E-state index in [1.165, 1.54) is 0 Å². The van der Waals surface area contributed by atoms with Crippen LogP contribution in [0.3, 0.4) is 0 Å². The summed E-state index contributed by atoms with van der Waals surface area (Å²) < 4.78 is 10.6. The van der Waals surface area contributed by atoms with Gasteiger partial charge in [-0.15, -0.1) is 0 Å². The molecule has 0 spiro atoms. The number of imide groups is 1. The van der Waals surface area contributed by atoms with E-state index in [0.29, 0.717) is 13.0 Å². The Hall–Kier alpha value is -2.82. The Bertz CT molecular complexity index is 667. The van der Waals surface area contributed by atoms with Crippen molar-refractivity contribution in [3.05, 3.63) is 65.7 Å². The second-order valence-corrected chi connectivity index (χ2v) is 5.01. The molecule has 1 aliphatic rings. The van der Waals surface area contributed by atoms with Gasteiger partial charge in [0.1, 0.15) is 12.4 Å². The van der Waals surface area contributed by atoms with Crippen molar-refractivity contribution in [3.63, 3.8) is 0 Å². The highest BCUT2D eigenvalue weighted by molar-refractivity contribution is 6.00. The van der Waals surface area contributed by atoms with Gasteiger partial charge in [-0.3, -0.25) is 10.1 Å². The van der Waals surface area contributed by atoms with Crippen molar-refractivity contribution in [1.82, 2.24) is 5.32 Å². The van der Waals surface area contributed by atoms with Crippen LogP contribution in [0, 0.1) is 0 Å². The number of carbonyl (C=O) groups is 2. The monoisotopic (exact) mass is 297 g/mol. The van der Waals surface area contributed by atoms with Crippen molar-refractivity contribution < 1.29 is 19.1 Å². The number of nitrogens with one attached hydrogen (secondary N) is 1. The molecule has 0 aliphatic carbocycles. The molecule has 5 heteroatoms. The molecule has 1 saturated heterocycles. The predicted molar refractivity (Wildman–Crippen MR) is 79.3 cm³/mol. The Morgan fingerprint density at radius 1 is 0.955 bits per heavy atom. The summed E-state index contributed by atoms with van der Waals surface area (Å²) >= 11 is 0. The summed E-state index contributed by atoms with van der Waals surface area (Å²) in [6.07, 6.45) is -1.07. The highest BCUT2D eigenvalue weighted by atomic mass is 16.6. The van der Waals surface area contributed by atoms with Crippen molar-refractivity contribution in [3.8, 4) is 5.75 Å². The topological polar surface area (TPSA) is 64.6 Å². The number of rotatable bonds is 5. The van der Waals surface area contributed by atoms with Gasteiger partial charge in [0.15, 0.2) is 6.10 Å². The molecule has 5 nitrogen and oxygen atoms in total. The lowest BCUT2D eigenvalue weighted by molar-refractivity contribution is -0.123. The minimum Gasteiger partial charge on any atom is -0.489 e. The third-order valence-corrected chi connectivity index (χ3v) is 3.36. The molecule has 22 heavy (non-hydrogen) atoms. The minimum atomic E-state index is -0.747. The second-order valence-electron chi connectivity index (χ2n) is 5.01. The molecule has 2 aromatic carbocycles. The quantitative estimate of drug-likeness (QED) is 0.920. The molecule has 2 amide bonds. The van der Waals surface area contributed by atoms with Crippen molar-refractivity contribution in [2.45, 2.75) is 19.1 Å². The number of alkyl carbamates (subject to hydrolysis) is 1. The molecular formula is C17H15NO4. The third-order valence-electron chi connectivity index (χ3n) is 3.36. The normalized spacial score (nSPS) is 17.0. The number of hydrogen-bond acceptors (Lipinski definition) is 4. The Morgan fingerprint density at radius 3 is 2.32 bits per heavy atom. The highest BCUT2D eigenvalue weighted by Crippen LogP contribution is 2.17. The first-order valence-corrected chi connectivity index (χ1v) is 6.98. The van der Waals surface area contributed by atoms with Crippen molar-refractivity contribution in [2.24, 2.45) is 0 Å². The lowest BCUT2D eigenvalue weighted by Gasteiger charge is -2.09. The van der Waals surface area contributed by atoms with E-state index in [4.69, 9.17) is 9.47 Å². The standard InChI is InChI=1S/C17H15NO4/c19-16-15(22-17(20)18-16)10-12-6-8-14(9-7-12)21-11-13-4-2-1-3-5-13/h1-9,15H,10-11H2,(H,18,19,20)/t15-/m0/s1. The molecular weight excluding hydrogens is 282 g/mol. The third kappa shape index (κ3) is 3.44. The molecule has 0 bridgehead atoms. The van der Waals surface area contributed by atoms with Gasteiger partial charge in [0.25, 0.3) is 5.91 Å². The number of benzene rings is 2. The molecule has 3 rings (SSSR count). The van der Waals surface area contributed by atoms with Crippen LogP contribution in [0.4, 0.5) is 4.79 Å². The molecule has 1 N–H and O–H groups in total. The van der Waals surface area contributed by atoms with Crippen molar-refractivity contribution in [2.75, 3.05) is 0 Å². The molecule has 1 atom stereocenters. The van der Waals surface area contributed by atoms with Gasteiger partial charge in [-0.1, -0.05) is 42.5 Å². The van der Waals surface area contributed by atoms with E-state index in [2.05, 4.69) is 5.32 Å². The van der Waals surface area contributed by atoms with Crippen LogP contribution in [-0.2, 0) is 22.6 Å². The smallest absolute Gasteiger partial charge is 0.414 e. The molecule has 1 aliphatic heterocycles. The summed E-state index contributed by atoms with van der Waals surface area (Å²) in [6, 6.07) is 17.3. The molecule has 0 radical (unpaired) electrons. The molecule has 1 heterocycles. The molecule has 112 valence electrons. The first-order chi connectivity index (χ1) is 10.7. The summed E-state index contributed by atoms with van der Waals surface area (Å²) in [5.74, 6) is 0.356. The van der Waals surface area contributed by atoms with Gasteiger partial charge in [0, 0.05) is 6.42 Å². The van der Waals surface area contributed by atoms with Crippen LogP contribution in [0.15, 0.2) is 54.6 Å². The lowest BCUT2D eigenvalue weighted by atomic mass is 10.1. The summed E-state index contributed by atoms with van der Waals surface area (Å²) in [5.41, 5.74) is 2.00.